The van der Waals surface area contributed by atoms with E-state index in [4.69, 9.17) is 9.15 Å². The largest absolute Gasteiger partial charge is 0.483 e. The van der Waals surface area contributed by atoms with Crippen molar-refractivity contribution in [2.24, 2.45) is 0 Å². The van der Waals surface area contributed by atoms with Gasteiger partial charge >= 0.3 is 0 Å². The molecule has 0 aliphatic rings. The summed E-state index contributed by atoms with van der Waals surface area (Å²) in [6, 6.07) is 7.51. The zero-order chi connectivity index (χ0) is 15.4. The molecule has 0 aliphatic carbocycles. The van der Waals surface area contributed by atoms with E-state index in [1.54, 1.807) is 12.3 Å². The van der Waals surface area contributed by atoms with Gasteiger partial charge in [-0.1, -0.05) is 6.07 Å². The number of rotatable bonds is 5. The summed E-state index contributed by atoms with van der Waals surface area (Å²) in [6.45, 7) is 7.91. The summed E-state index contributed by atoms with van der Waals surface area (Å²) in [7, 11) is 0. The van der Waals surface area contributed by atoms with Crippen molar-refractivity contribution < 1.29 is 13.9 Å². The Morgan fingerprint density at radius 1 is 1.33 bits per heavy atom. The molecule has 0 bridgehead atoms. The minimum atomic E-state index is -0.170. The number of hydrogen-bond acceptors (Lipinski definition) is 3. The lowest BCUT2D eigenvalue weighted by molar-refractivity contribution is -0.123. The van der Waals surface area contributed by atoms with Crippen LogP contribution >= 0.6 is 0 Å². The first-order chi connectivity index (χ1) is 9.97. The van der Waals surface area contributed by atoms with Crippen molar-refractivity contribution >= 4 is 5.91 Å². The van der Waals surface area contributed by atoms with Crippen LogP contribution in [0.5, 0.6) is 5.75 Å². The average molecular weight is 287 g/mol. The number of nitrogens with one attached hydrogen (secondary N) is 1. The summed E-state index contributed by atoms with van der Waals surface area (Å²) in [5, 5.41) is 2.84. The number of amides is 1. The van der Waals surface area contributed by atoms with Crippen LogP contribution in [0, 0.1) is 20.8 Å². The van der Waals surface area contributed by atoms with Gasteiger partial charge in [0.1, 0.15) is 11.5 Å². The highest BCUT2D eigenvalue weighted by atomic mass is 16.5. The minimum Gasteiger partial charge on any atom is -0.483 e. The van der Waals surface area contributed by atoms with E-state index in [0.29, 0.717) is 0 Å². The number of aryl methyl sites for hydroxylation is 2. The highest BCUT2D eigenvalue weighted by molar-refractivity contribution is 5.78. The molecule has 0 aliphatic heterocycles. The van der Waals surface area contributed by atoms with Crippen molar-refractivity contribution in [3.8, 4) is 5.75 Å². The van der Waals surface area contributed by atoms with E-state index >= 15 is 0 Å². The number of furan rings is 1. The van der Waals surface area contributed by atoms with Crippen molar-refractivity contribution in [3.05, 3.63) is 53.0 Å². The second-order valence-corrected chi connectivity index (χ2v) is 5.30. The molecule has 21 heavy (non-hydrogen) atoms. The van der Waals surface area contributed by atoms with Gasteiger partial charge in [-0.2, -0.15) is 0 Å². The van der Waals surface area contributed by atoms with E-state index < -0.39 is 0 Å². The third kappa shape index (κ3) is 3.88. The summed E-state index contributed by atoms with van der Waals surface area (Å²) >= 11 is 0. The van der Waals surface area contributed by atoms with Gasteiger partial charge in [-0.15, -0.1) is 0 Å². The lowest BCUT2D eigenvalue weighted by Gasteiger charge is -2.14. The molecule has 4 heteroatoms. The Kier molecular flexibility index (Phi) is 4.68. The maximum absolute atomic E-state index is 11.9. The minimum absolute atomic E-state index is 0.00518. The fourth-order valence-corrected chi connectivity index (χ4v) is 2.19. The van der Waals surface area contributed by atoms with Gasteiger partial charge in [0.05, 0.1) is 12.3 Å². The molecule has 112 valence electrons. The predicted molar refractivity (Wildman–Crippen MR) is 81.4 cm³/mol. The predicted octanol–water partition coefficient (Wildman–Crippen LogP) is 3.46. The number of ether oxygens (including phenoxy) is 1. The third-order valence-electron chi connectivity index (χ3n) is 3.47. The Morgan fingerprint density at radius 3 is 2.76 bits per heavy atom. The number of benzene rings is 1. The highest BCUT2D eigenvalue weighted by Crippen LogP contribution is 2.23. The summed E-state index contributed by atoms with van der Waals surface area (Å²) < 4.78 is 10.9. The van der Waals surface area contributed by atoms with Crippen molar-refractivity contribution in [2.45, 2.75) is 33.7 Å². The molecule has 0 saturated heterocycles. The SMILES string of the molecule is Cc1cc(C)c(C)c(OCC(=O)NC(C)c2ccco2)c1. The van der Waals surface area contributed by atoms with Gasteiger partial charge in [0.2, 0.25) is 0 Å². The maximum Gasteiger partial charge on any atom is 0.258 e. The zero-order valence-corrected chi connectivity index (χ0v) is 12.9. The van der Waals surface area contributed by atoms with Crippen molar-refractivity contribution in [1.82, 2.24) is 5.32 Å². The standard InChI is InChI=1S/C17H21NO3/c1-11-8-12(2)13(3)16(9-11)21-10-17(19)18-14(4)15-6-5-7-20-15/h5-9,14H,10H2,1-4H3,(H,18,19). The Balaban J connectivity index is 1.92. The van der Waals surface area contributed by atoms with Crippen LogP contribution in [-0.4, -0.2) is 12.5 Å². The van der Waals surface area contributed by atoms with Gasteiger partial charge in [0.15, 0.2) is 6.61 Å². The normalized spacial score (nSPS) is 12.0. The van der Waals surface area contributed by atoms with Crippen LogP contribution in [0.4, 0.5) is 0 Å². The van der Waals surface area contributed by atoms with Gasteiger partial charge in [-0.25, -0.2) is 0 Å². The average Bonchev–Trinajstić information content (AvgIpc) is 2.95. The number of carbonyl (C=O) groups is 1. The van der Waals surface area contributed by atoms with Gasteiger partial charge in [0.25, 0.3) is 5.91 Å². The summed E-state index contributed by atoms with van der Waals surface area (Å²) in [5.74, 6) is 1.32. The molecule has 1 N–H and O–H groups in total. The molecule has 0 spiro atoms. The molecule has 0 radical (unpaired) electrons. The molecular formula is C17H21NO3. The fourth-order valence-electron chi connectivity index (χ4n) is 2.19. The van der Waals surface area contributed by atoms with E-state index in [-0.39, 0.29) is 18.6 Å². The van der Waals surface area contributed by atoms with Crippen LogP contribution in [0.1, 0.15) is 35.4 Å². The van der Waals surface area contributed by atoms with E-state index in [0.717, 1.165) is 28.2 Å². The Hall–Kier alpha value is -2.23. The van der Waals surface area contributed by atoms with Crippen molar-refractivity contribution in [2.75, 3.05) is 6.61 Å². The summed E-state index contributed by atoms with van der Waals surface area (Å²) in [5.41, 5.74) is 3.35. The first-order valence-corrected chi connectivity index (χ1v) is 7.01. The Labute approximate surface area is 125 Å². The molecule has 2 aromatic rings. The van der Waals surface area contributed by atoms with E-state index in [9.17, 15) is 4.79 Å². The zero-order valence-electron chi connectivity index (χ0n) is 12.9. The van der Waals surface area contributed by atoms with E-state index in [2.05, 4.69) is 11.4 Å². The first kappa shape index (κ1) is 15.2. The van der Waals surface area contributed by atoms with Crippen LogP contribution in [0.15, 0.2) is 34.9 Å². The quantitative estimate of drug-likeness (QED) is 0.916. The smallest absolute Gasteiger partial charge is 0.258 e. The molecule has 2 rings (SSSR count). The lowest BCUT2D eigenvalue weighted by atomic mass is 10.1. The molecule has 0 fully saturated rings. The van der Waals surface area contributed by atoms with Gasteiger partial charge in [-0.3, -0.25) is 4.79 Å². The van der Waals surface area contributed by atoms with Crippen molar-refractivity contribution in [3.63, 3.8) is 0 Å². The third-order valence-corrected chi connectivity index (χ3v) is 3.47. The summed E-state index contributed by atoms with van der Waals surface area (Å²) in [4.78, 5) is 11.9. The molecule has 1 unspecified atom stereocenters. The molecule has 4 nitrogen and oxygen atoms in total. The monoisotopic (exact) mass is 287 g/mol. The lowest BCUT2D eigenvalue weighted by Crippen LogP contribution is -2.31. The number of hydrogen-bond donors (Lipinski definition) is 1. The van der Waals surface area contributed by atoms with E-state index in [1.165, 1.54) is 0 Å². The maximum atomic E-state index is 11.9. The molecule has 1 aromatic heterocycles. The highest BCUT2D eigenvalue weighted by Gasteiger charge is 2.13. The van der Waals surface area contributed by atoms with E-state index in [1.807, 2.05) is 39.8 Å². The van der Waals surface area contributed by atoms with Gasteiger partial charge in [0, 0.05) is 0 Å². The first-order valence-electron chi connectivity index (χ1n) is 7.01. The summed E-state index contributed by atoms with van der Waals surface area (Å²) in [6.07, 6.45) is 1.59. The number of carbonyl (C=O) groups excluding carboxylic acids is 1. The van der Waals surface area contributed by atoms with Crippen LogP contribution < -0.4 is 10.1 Å². The van der Waals surface area contributed by atoms with Crippen molar-refractivity contribution in [1.29, 1.82) is 0 Å². The Morgan fingerprint density at radius 2 is 2.10 bits per heavy atom. The fraction of sp³-hybridized carbons (Fsp3) is 0.353. The Bertz CT molecular complexity index is 617. The molecule has 1 aromatic carbocycles. The molecule has 0 saturated carbocycles. The van der Waals surface area contributed by atoms with Crippen LogP contribution in [0.2, 0.25) is 0 Å². The molecular weight excluding hydrogens is 266 g/mol. The second-order valence-electron chi connectivity index (χ2n) is 5.30. The topological polar surface area (TPSA) is 51.5 Å². The molecule has 1 amide bonds. The van der Waals surface area contributed by atoms with Crippen LogP contribution in [-0.2, 0) is 4.79 Å². The molecule has 1 atom stereocenters. The second kappa shape index (κ2) is 6.48. The van der Waals surface area contributed by atoms with Gasteiger partial charge < -0.3 is 14.5 Å². The van der Waals surface area contributed by atoms with Crippen LogP contribution in [0.25, 0.3) is 0 Å². The molecule has 1 heterocycles. The van der Waals surface area contributed by atoms with Crippen LogP contribution in [0.3, 0.4) is 0 Å². The van der Waals surface area contributed by atoms with Gasteiger partial charge in [-0.05, 0) is 62.6 Å².